The smallest absolute Gasteiger partial charge is 0.313 e. The van der Waals surface area contributed by atoms with Crippen molar-refractivity contribution in [3.8, 4) is 0 Å². The normalized spacial score (nSPS) is 27.1. The van der Waals surface area contributed by atoms with Crippen molar-refractivity contribution < 1.29 is 14.3 Å². The molecule has 0 aliphatic heterocycles. The summed E-state index contributed by atoms with van der Waals surface area (Å²) in [6.45, 7) is 3.81. The Labute approximate surface area is 84.1 Å². The molecule has 78 valence electrons. The van der Waals surface area contributed by atoms with Gasteiger partial charge in [0, 0.05) is 6.42 Å². The number of hydrogen-bond acceptors (Lipinski definition) is 3. The first kappa shape index (κ1) is 11.0. The summed E-state index contributed by atoms with van der Waals surface area (Å²) < 4.78 is 4.74. The number of rotatable bonds is 2. The van der Waals surface area contributed by atoms with Crippen molar-refractivity contribution >= 4 is 11.8 Å². The minimum Gasteiger partial charge on any atom is -0.469 e. The molecule has 0 saturated heterocycles. The van der Waals surface area contributed by atoms with Crippen molar-refractivity contribution in [2.24, 2.45) is 11.8 Å². The Bertz CT molecular complexity index is 278. The topological polar surface area (TPSA) is 43.4 Å². The Morgan fingerprint density at radius 3 is 2.79 bits per heavy atom. The molecule has 0 aromatic carbocycles. The molecule has 0 aromatic rings. The highest BCUT2D eigenvalue weighted by molar-refractivity contribution is 5.94. The molecule has 0 unspecified atom stereocenters. The van der Waals surface area contributed by atoms with E-state index in [1.165, 1.54) is 7.11 Å². The van der Waals surface area contributed by atoms with Crippen molar-refractivity contribution in [3.05, 3.63) is 11.6 Å². The fourth-order valence-corrected chi connectivity index (χ4v) is 2.04. The van der Waals surface area contributed by atoms with Crippen molar-refractivity contribution in [3.63, 3.8) is 0 Å². The van der Waals surface area contributed by atoms with Gasteiger partial charge in [0.1, 0.15) is 0 Å². The van der Waals surface area contributed by atoms with Gasteiger partial charge in [-0.15, -0.1) is 0 Å². The van der Waals surface area contributed by atoms with Gasteiger partial charge in [0.05, 0.1) is 13.0 Å². The lowest BCUT2D eigenvalue weighted by atomic mass is 9.77. The molecule has 0 bridgehead atoms. The number of carbonyl (C=O) groups excluding carboxylic acids is 2. The van der Waals surface area contributed by atoms with Crippen LogP contribution in [0.2, 0.25) is 0 Å². The Morgan fingerprint density at radius 2 is 2.29 bits per heavy atom. The molecule has 3 heteroatoms. The molecule has 0 heterocycles. The van der Waals surface area contributed by atoms with Crippen molar-refractivity contribution in [2.75, 3.05) is 7.11 Å². The summed E-state index contributed by atoms with van der Waals surface area (Å²) in [5.41, 5.74) is 0.833. The highest BCUT2D eigenvalue weighted by Crippen LogP contribution is 2.31. The highest BCUT2D eigenvalue weighted by atomic mass is 16.5. The Morgan fingerprint density at radius 1 is 1.64 bits per heavy atom. The Hall–Kier alpha value is -1.12. The van der Waals surface area contributed by atoms with Crippen LogP contribution < -0.4 is 0 Å². The first-order chi connectivity index (χ1) is 6.60. The molecule has 1 aliphatic rings. The second kappa shape index (κ2) is 4.40. The first-order valence-electron chi connectivity index (χ1n) is 4.89. The van der Waals surface area contributed by atoms with Gasteiger partial charge in [-0.05, 0) is 18.9 Å². The highest BCUT2D eigenvalue weighted by Gasteiger charge is 2.34. The second-order valence-electron chi connectivity index (χ2n) is 3.73. The minimum absolute atomic E-state index is 0.111. The molecule has 0 N–H and O–H groups in total. The van der Waals surface area contributed by atoms with Crippen LogP contribution in [0.3, 0.4) is 0 Å². The minimum atomic E-state index is -0.224. The van der Waals surface area contributed by atoms with E-state index >= 15 is 0 Å². The number of esters is 1. The molecular formula is C11H16O3. The zero-order valence-electron chi connectivity index (χ0n) is 8.87. The Kier molecular flexibility index (Phi) is 3.44. The van der Waals surface area contributed by atoms with E-state index in [1.807, 2.05) is 13.8 Å². The van der Waals surface area contributed by atoms with Crippen molar-refractivity contribution in [1.29, 1.82) is 0 Å². The van der Waals surface area contributed by atoms with Gasteiger partial charge >= 0.3 is 5.97 Å². The van der Waals surface area contributed by atoms with Crippen LogP contribution in [0.25, 0.3) is 0 Å². The molecule has 0 aromatic heterocycles. The number of methoxy groups -OCH3 is 1. The van der Waals surface area contributed by atoms with Crippen LogP contribution in [-0.4, -0.2) is 18.9 Å². The fourth-order valence-electron chi connectivity index (χ4n) is 2.04. The number of carbonyl (C=O) groups is 2. The van der Waals surface area contributed by atoms with E-state index in [1.54, 1.807) is 6.08 Å². The molecule has 14 heavy (non-hydrogen) atoms. The van der Waals surface area contributed by atoms with Gasteiger partial charge in [0.15, 0.2) is 5.78 Å². The van der Waals surface area contributed by atoms with Gasteiger partial charge in [0.2, 0.25) is 0 Å². The lowest BCUT2D eigenvalue weighted by molar-refractivity contribution is -0.146. The average Bonchev–Trinajstić information content (AvgIpc) is 2.15. The fraction of sp³-hybridized carbons (Fsp3) is 0.636. The van der Waals surface area contributed by atoms with Crippen LogP contribution in [0, 0.1) is 11.8 Å². The van der Waals surface area contributed by atoms with Crippen LogP contribution in [-0.2, 0) is 14.3 Å². The average molecular weight is 196 g/mol. The summed E-state index contributed by atoms with van der Waals surface area (Å²) in [5, 5.41) is 0. The molecule has 0 saturated carbocycles. The van der Waals surface area contributed by atoms with E-state index < -0.39 is 0 Å². The largest absolute Gasteiger partial charge is 0.469 e. The number of ether oxygens (including phenoxy) is 1. The van der Waals surface area contributed by atoms with Gasteiger partial charge in [-0.3, -0.25) is 9.59 Å². The van der Waals surface area contributed by atoms with E-state index in [0.717, 1.165) is 12.0 Å². The number of hydrogen-bond donors (Lipinski definition) is 0. The van der Waals surface area contributed by atoms with Gasteiger partial charge in [-0.2, -0.15) is 0 Å². The summed E-state index contributed by atoms with van der Waals surface area (Å²) in [6.07, 6.45) is 2.86. The maximum Gasteiger partial charge on any atom is 0.313 e. The number of allylic oxidation sites excluding steroid dienone is 1. The molecule has 3 nitrogen and oxygen atoms in total. The van der Waals surface area contributed by atoms with E-state index in [2.05, 4.69) is 0 Å². The molecule has 0 radical (unpaired) electrons. The lowest BCUT2D eigenvalue weighted by Crippen LogP contribution is -2.30. The van der Waals surface area contributed by atoms with Gasteiger partial charge in [-0.1, -0.05) is 18.9 Å². The third-order valence-corrected chi connectivity index (χ3v) is 2.79. The molecule has 0 spiro atoms. The van der Waals surface area contributed by atoms with Crippen molar-refractivity contribution in [1.82, 2.24) is 0 Å². The monoisotopic (exact) mass is 196 g/mol. The molecule has 0 amide bonds. The van der Waals surface area contributed by atoms with Crippen LogP contribution in [0.5, 0.6) is 0 Å². The third-order valence-electron chi connectivity index (χ3n) is 2.79. The van der Waals surface area contributed by atoms with Crippen LogP contribution >= 0.6 is 0 Å². The van der Waals surface area contributed by atoms with Crippen LogP contribution in [0.15, 0.2) is 11.6 Å². The van der Waals surface area contributed by atoms with Gasteiger partial charge < -0.3 is 4.74 Å². The Balaban J connectivity index is 2.93. The maximum atomic E-state index is 11.5. The van der Waals surface area contributed by atoms with Crippen LogP contribution in [0.1, 0.15) is 26.7 Å². The zero-order valence-corrected chi connectivity index (χ0v) is 8.87. The standard InChI is InChI=1S/C11H16O3/c1-4-8-6-9(12)5-7(2)10(8)11(13)14-3/h5,8,10H,4,6H2,1-3H3/t8-,10-/m0/s1. The summed E-state index contributed by atoms with van der Waals surface area (Å²) in [6, 6.07) is 0. The predicted octanol–water partition coefficient (Wildman–Crippen LogP) is 1.72. The van der Waals surface area contributed by atoms with E-state index in [9.17, 15) is 9.59 Å². The predicted molar refractivity (Wildman–Crippen MR) is 52.7 cm³/mol. The van der Waals surface area contributed by atoms with Gasteiger partial charge in [-0.25, -0.2) is 0 Å². The molecule has 1 rings (SSSR count). The second-order valence-corrected chi connectivity index (χ2v) is 3.73. The van der Waals surface area contributed by atoms with E-state index in [0.29, 0.717) is 6.42 Å². The quantitative estimate of drug-likeness (QED) is 0.631. The van der Waals surface area contributed by atoms with Crippen molar-refractivity contribution in [2.45, 2.75) is 26.7 Å². The van der Waals surface area contributed by atoms with Gasteiger partial charge in [0.25, 0.3) is 0 Å². The summed E-state index contributed by atoms with van der Waals surface area (Å²) in [5.74, 6) is -0.213. The molecular weight excluding hydrogens is 180 g/mol. The maximum absolute atomic E-state index is 11.5. The molecule has 0 fully saturated rings. The van der Waals surface area contributed by atoms with E-state index in [-0.39, 0.29) is 23.6 Å². The summed E-state index contributed by atoms with van der Waals surface area (Å²) >= 11 is 0. The number of ketones is 1. The first-order valence-corrected chi connectivity index (χ1v) is 4.89. The summed E-state index contributed by atoms with van der Waals surface area (Å²) in [7, 11) is 1.39. The van der Waals surface area contributed by atoms with E-state index in [4.69, 9.17) is 4.74 Å². The summed E-state index contributed by atoms with van der Waals surface area (Å²) in [4.78, 5) is 22.7. The van der Waals surface area contributed by atoms with Crippen LogP contribution in [0.4, 0.5) is 0 Å². The SMILES string of the molecule is CC[C@H]1CC(=O)C=C(C)[C@@H]1C(=O)OC. The lowest BCUT2D eigenvalue weighted by Gasteiger charge is -2.27. The molecule has 2 atom stereocenters. The zero-order chi connectivity index (χ0) is 10.7. The third kappa shape index (κ3) is 2.03. The molecule has 1 aliphatic carbocycles.